The highest BCUT2D eigenvalue weighted by Gasteiger charge is 2.11. The molecule has 0 aliphatic rings. The van der Waals surface area contributed by atoms with E-state index >= 15 is 0 Å². The number of carbonyl (C=O) groups is 1. The number of hydrogen-bond donors (Lipinski definition) is 1. The normalized spacial score (nSPS) is 9.69. The summed E-state index contributed by atoms with van der Waals surface area (Å²) in [7, 11) is 1.49. The second-order valence-electron chi connectivity index (χ2n) is 2.65. The molecule has 70 valence electrons. The van der Waals surface area contributed by atoms with Gasteiger partial charge in [0.05, 0.1) is 11.4 Å². The van der Waals surface area contributed by atoms with Crippen LogP contribution in [-0.4, -0.2) is 19.6 Å². The lowest BCUT2D eigenvalue weighted by molar-refractivity contribution is -0.119. The lowest BCUT2D eigenvalue weighted by Gasteiger charge is -2.17. The van der Waals surface area contributed by atoms with Gasteiger partial charge < -0.3 is 10.6 Å². The second-order valence-corrected chi connectivity index (χ2v) is 2.65. The largest absolute Gasteiger partial charge is 0.397 e. The molecule has 0 bridgehead atoms. The fourth-order valence-corrected chi connectivity index (χ4v) is 1.02. The minimum absolute atomic E-state index is 0.465. The van der Waals surface area contributed by atoms with Crippen LogP contribution in [0.15, 0.2) is 24.3 Å². The fraction of sp³-hybridized carbons (Fsp3) is 0.222. The van der Waals surface area contributed by atoms with Crippen molar-refractivity contribution in [2.45, 2.75) is 0 Å². The van der Waals surface area contributed by atoms with Gasteiger partial charge in [-0.25, -0.2) is 4.39 Å². The zero-order valence-electron chi connectivity index (χ0n) is 7.33. The Morgan fingerprint density at radius 1 is 1.54 bits per heavy atom. The summed E-state index contributed by atoms with van der Waals surface area (Å²) >= 11 is 0. The summed E-state index contributed by atoms with van der Waals surface area (Å²) < 4.78 is 12.0. The van der Waals surface area contributed by atoms with E-state index in [1.165, 1.54) is 11.9 Å². The molecule has 1 aromatic rings. The topological polar surface area (TPSA) is 46.3 Å². The molecule has 0 radical (unpaired) electrons. The van der Waals surface area contributed by atoms with Crippen molar-refractivity contribution >= 4 is 17.3 Å². The number of nitrogens with two attached hydrogens (primary N) is 1. The lowest BCUT2D eigenvalue weighted by atomic mass is 10.2. The van der Waals surface area contributed by atoms with Crippen LogP contribution < -0.4 is 10.6 Å². The third-order valence-electron chi connectivity index (χ3n) is 1.79. The molecule has 0 unspecified atom stereocenters. The number of amides is 1. The van der Waals surface area contributed by atoms with E-state index in [1.54, 1.807) is 24.3 Å². The zero-order valence-corrected chi connectivity index (χ0v) is 7.33. The summed E-state index contributed by atoms with van der Waals surface area (Å²) in [6, 6.07) is 6.83. The van der Waals surface area contributed by atoms with E-state index in [4.69, 9.17) is 5.73 Å². The van der Waals surface area contributed by atoms with Gasteiger partial charge in [-0.3, -0.25) is 4.79 Å². The minimum atomic E-state index is -1.01. The predicted octanol–water partition coefficient (Wildman–Crippen LogP) is 1.20. The molecule has 0 saturated heterocycles. The van der Waals surface area contributed by atoms with Crippen LogP contribution in [-0.2, 0) is 4.79 Å². The molecule has 3 nitrogen and oxygen atoms in total. The smallest absolute Gasteiger partial charge is 0.258 e. The van der Waals surface area contributed by atoms with Gasteiger partial charge in [0.25, 0.3) is 5.91 Å². The first-order valence-corrected chi connectivity index (χ1v) is 3.84. The van der Waals surface area contributed by atoms with Crippen LogP contribution in [0.4, 0.5) is 15.8 Å². The summed E-state index contributed by atoms with van der Waals surface area (Å²) in [5, 5.41) is 0. The molecule has 0 fully saturated rings. The average Bonchev–Trinajstić information content (AvgIpc) is 2.16. The second kappa shape index (κ2) is 3.89. The highest BCUT2D eigenvalue weighted by atomic mass is 19.1. The zero-order chi connectivity index (χ0) is 9.84. The van der Waals surface area contributed by atoms with Crippen molar-refractivity contribution in [3.05, 3.63) is 24.3 Å². The number of nitrogens with zero attached hydrogens (tertiary/aromatic N) is 1. The fourth-order valence-electron chi connectivity index (χ4n) is 1.02. The Balaban J connectivity index is 2.95. The molecule has 0 aliphatic heterocycles. The summed E-state index contributed by atoms with van der Waals surface area (Å²) in [4.78, 5) is 12.2. The number of alkyl halides is 1. The van der Waals surface area contributed by atoms with Crippen LogP contribution in [0.2, 0.25) is 0 Å². The first kappa shape index (κ1) is 9.51. The van der Waals surface area contributed by atoms with Crippen LogP contribution in [0.1, 0.15) is 0 Å². The Hall–Kier alpha value is -1.58. The van der Waals surface area contributed by atoms with Gasteiger partial charge in [-0.15, -0.1) is 0 Å². The third-order valence-corrected chi connectivity index (χ3v) is 1.79. The molecule has 2 N–H and O–H groups in total. The van der Waals surface area contributed by atoms with Gasteiger partial charge in [-0.05, 0) is 12.1 Å². The Bertz CT molecular complexity index is 314. The number of benzene rings is 1. The molecule has 0 atom stereocenters. The van der Waals surface area contributed by atoms with Crippen molar-refractivity contribution in [1.82, 2.24) is 0 Å². The molecule has 13 heavy (non-hydrogen) atoms. The molecule has 0 spiro atoms. The number of nitrogen functional groups attached to an aromatic ring is 1. The van der Waals surface area contributed by atoms with Crippen molar-refractivity contribution < 1.29 is 9.18 Å². The van der Waals surface area contributed by atoms with Crippen molar-refractivity contribution in [1.29, 1.82) is 0 Å². The number of para-hydroxylation sites is 2. The van der Waals surface area contributed by atoms with E-state index < -0.39 is 12.6 Å². The Labute approximate surface area is 76.0 Å². The van der Waals surface area contributed by atoms with Crippen LogP contribution in [0.3, 0.4) is 0 Å². The van der Waals surface area contributed by atoms with E-state index in [2.05, 4.69) is 0 Å². The van der Waals surface area contributed by atoms with E-state index in [9.17, 15) is 9.18 Å². The van der Waals surface area contributed by atoms with Crippen LogP contribution in [0.5, 0.6) is 0 Å². The molecule has 1 rings (SSSR count). The first-order valence-electron chi connectivity index (χ1n) is 3.84. The van der Waals surface area contributed by atoms with Crippen molar-refractivity contribution in [3.63, 3.8) is 0 Å². The van der Waals surface area contributed by atoms with Crippen LogP contribution >= 0.6 is 0 Å². The highest BCUT2D eigenvalue weighted by molar-refractivity contribution is 5.96. The molecule has 0 heterocycles. The summed E-state index contributed by atoms with van der Waals surface area (Å²) in [6.45, 7) is -1.01. The van der Waals surface area contributed by atoms with Gasteiger partial charge in [0.2, 0.25) is 0 Å². The van der Waals surface area contributed by atoms with Gasteiger partial charge in [0.15, 0.2) is 6.67 Å². The van der Waals surface area contributed by atoms with Gasteiger partial charge in [-0.1, -0.05) is 12.1 Å². The van der Waals surface area contributed by atoms with Gasteiger partial charge in [0.1, 0.15) is 0 Å². The number of carbonyl (C=O) groups excluding carboxylic acids is 1. The molecule has 0 aliphatic carbocycles. The molecular weight excluding hydrogens is 171 g/mol. The van der Waals surface area contributed by atoms with E-state index in [-0.39, 0.29) is 0 Å². The van der Waals surface area contributed by atoms with Crippen LogP contribution in [0, 0.1) is 0 Å². The number of anilines is 2. The van der Waals surface area contributed by atoms with Crippen molar-refractivity contribution in [2.24, 2.45) is 0 Å². The summed E-state index contributed by atoms with van der Waals surface area (Å²) in [6.07, 6.45) is 0. The molecule has 4 heteroatoms. The quantitative estimate of drug-likeness (QED) is 0.698. The maximum atomic E-state index is 12.0. The molecule has 1 amide bonds. The maximum Gasteiger partial charge on any atom is 0.258 e. The SMILES string of the molecule is CN(C(=O)CF)c1ccccc1N. The monoisotopic (exact) mass is 182 g/mol. The van der Waals surface area contributed by atoms with Crippen LogP contribution in [0.25, 0.3) is 0 Å². The average molecular weight is 182 g/mol. The Morgan fingerprint density at radius 2 is 2.15 bits per heavy atom. The number of hydrogen-bond acceptors (Lipinski definition) is 2. The number of rotatable bonds is 2. The van der Waals surface area contributed by atoms with Gasteiger partial charge >= 0.3 is 0 Å². The first-order chi connectivity index (χ1) is 6.16. The highest BCUT2D eigenvalue weighted by Crippen LogP contribution is 2.20. The minimum Gasteiger partial charge on any atom is -0.397 e. The Kier molecular flexibility index (Phi) is 2.84. The summed E-state index contributed by atoms with van der Waals surface area (Å²) in [5.74, 6) is -0.599. The third kappa shape index (κ3) is 1.96. The van der Waals surface area contributed by atoms with Crippen molar-refractivity contribution in [3.8, 4) is 0 Å². The summed E-state index contributed by atoms with van der Waals surface area (Å²) in [5.41, 5.74) is 6.59. The molecule has 0 saturated carbocycles. The maximum absolute atomic E-state index is 12.0. The van der Waals surface area contributed by atoms with Crippen molar-refractivity contribution in [2.75, 3.05) is 24.4 Å². The molecule has 1 aromatic carbocycles. The Morgan fingerprint density at radius 3 is 2.69 bits per heavy atom. The standard InChI is InChI=1S/C9H11FN2O/c1-12(9(13)6-10)8-5-3-2-4-7(8)11/h2-5H,6,11H2,1H3. The van der Waals surface area contributed by atoms with Gasteiger partial charge in [-0.2, -0.15) is 0 Å². The number of halogens is 1. The molecule has 0 aromatic heterocycles. The van der Waals surface area contributed by atoms with E-state index in [0.29, 0.717) is 11.4 Å². The van der Waals surface area contributed by atoms with E-state index in [0.717, 1.165) is 0 Å². The van der Waals surface area contributed by atoms with E-state index in [1.807, 2.05) is 0 Å². The predicted molar refractivity (Wildman–Crippen MR) is 50.2 cm³/mol. The van der Waals surface area contributed by atoms with Gasteiger partial charge in [0, 0.05) is 7.05 Å². The molecular formula is C9H11FN2O. The lowest BCUT2D eigenvalue weighted by Crippen LogP contribution is -2.28.